The highest BCUT2D eigenvalue weighted by molar-refractivity contribution is 9.13. The van der Waals surface area contributed by atoms with Crippen molar-refractivity contribution in [3.8, 4) is 0 Å². The average Bonchev–Trinajstić information content (AvgIpc) is 2.32. The lowest BCUT2D eigenvalue weighted by atomic mass is 10.3. The summed E-state index contributed by atoms with van der Waals surface area (Å²) in [5, 5.41) is 1.60. The Morgan fingerprint density at radius 1 is 1.25 bits per heavy atom. The van der Waals surface area contributed by atoms with Gasteiger partial charge >= 0.3 is 0 Å². The molecule has 0 bridgehead atoms. The SMILES string of the molecule is Clc1cccc2c(Br)c(Br)oc12. The third-order valence-electron chi connectivity index (χ3n) is 1.57. The molecular weight excluding hydrogens is 307 g/mol. The van der Waals surface area contributed by atoms with E-state index in [0.29, 0.717) is 15.3 Å². The van der Waals surface area contributed by atoms with E-state index in [9.17, 15) is 0 Å². The molecule has 0 saturated carbocycles. The molecule has 62 valence electrons. The molecule has 1 aromatic heterocycles. The van der Waals surface area contributed by atoms with E-state index < -0.39 is 0 Å². The maximum atomic E-state index is 5.91. The van der Waals surface area contributed by atoms with Crippen LogP contribution in [-0.2, 0) is 0 Å². The third kappa shape index (κ3) is 1.20. The minimum absolute atomic E-state index is 0.624. The Balaban J connectivity index is 2.95. The Hall–Kier alpha value is 0.01000. The number of benzene rings is 1. The van der Waals surface area contributed by atoms with Crippen molar-refractivity contribution in [1.82, 2.24) is 0 Å². The Bertz CT molecular complexity index is 436. The van der Waals surface area contributed by atoms with Gasteiger partial charge in [-0.2, -0.15) is 0 Å². The predicted octanol–water partition coefficient (Wildman–Crippen LogP) is 4.61. The highest BCUT2D eigenvalue weighted by Gasteiger charge is 2.10. The largest absolute Gasteiger partial charge is 0.447 e. The summed E-state index contributed by atoms with van der Waals surface area (Å²) in [6.07, 6.45) is 0. The second-order valence-electron chi connectivity index (χ2n) is 2.31. The molecule has 0 saturated heterocycles. The Kier molecular flexibility index (Phi) is 2.19. The molecule has 12 heavy (non-hydrogen) atoms. The van der Waals surface area contributed by atoms with Crippen LogP contribution in [0.1, 0.15) is 0 Å². The second-order valence-corrected chi connectivity index (χ2v) is 4.23. The van der Waals surface area contributed by atoms with Gasteiger partial charge in [-0.25, -0.2) is 0 Å². The quantitative estimate of drug-likeness (QED) is 0.692. The lowest BCUT2D eigenvalue weighted by Crippen LogP contribution is -1.65. The molecule has 0 amide bonds. The van der Waals surface area contributed by atoms with Gasteiger partial charge in [-0.05, 0) is 44.0 Å². The van der Waals surface area contributed by atoms with Crippen molar-refractivity contribution >= 4 is 54.4 Å². The molecule has 1 nitrogen and oxygen atoms in total. The maximum absolute atomic E-state index is 5.91. The normalized spacial score (nSPS) is 10.9. The fourth-order valence-corrected chi connectivity index (χ4v) is 2.01. The maximum Gasteiger partial charge on any atom is 0.184 e. The minimum atomic E-state index is 0.624. The first kappa shape index (κ1) is 8.60. The van der Waals surface area contributed by atoms with E-state index in [2.05, 4.69) is 31.9 Å². The third-order valence-corrected chi connectivity index (χ3v) is 3.74. The number of rotatable bonds is 0. The molecule has 0 N–H and O–H groups in total. The fraction of sp³-hybridized carbons (Fsp3) is 0. The van der Waals surface area contributed by atoms with Crippen LogP contribution < -0.4 is 0 Å². The molecule has 0 spiro atoms. The van der Waals surface area contributed by atoms with Crippen LogP contribution in [0.5, 0.6) is 0 Å². The zero-order valence-electron chi connectivity index (χ0n) is 5.77. The number of furan rings is 1. The Morgan fingerprint density at radius 2 is 2.00 bits per heavy atom. The lowest BCUT2D eigenvalue weighted by Gasteiger charge is -1.89. The lowest BCUT2D eigenvalue weighted by molar-refractivity contribution is 0.585. The van der Waals surface area contributed by atoms with E-state index >= 15 is 0 Å². The van der Waals surface area contributed by atoms with Gasteiger partial charge in [0.2, 0.25) is 0 Å². The molecule has 0 radical (unpaired) electrons. The van der Waals surface area contributed by atoms with Crippen LogP contribution in [0.4, 0.5) is 0 Å². The standard InChI is InChI=1S/C8H3Br2ClO/c9-6-4-2-1-3-5(11)7(4)12-8(6)10/h1-3H. The molecule has 0 aliphatic rings. The first-order valence-electron chi connectivity index (χ1n) is 3.22. The minimum Gasteiger partial charge on any atom is -0.447 e. The molecule has 4 heteroatoms. The topological polar surface area (TPSA) is 13.1 Å². The van der Waals surface area contributed by atoms with Crippen molar-refractivity contribution in [3.05, 3.63) is 32.4 Å². The zero-order chi connectivity index (χ0) is 8.72. The van der Waals surface area contributed by atoms with Crippen LogP contribution >= 0.6 is 43.5 Å². The van der Waals surface area contributed by atoms with E-state index in [4.69, 9.17) is 16.0 Å². The van der Waals surface area contributed by atoms with Crippen LogP contribution in [0.15, 0.2) is 31.8 Å². The van der Waals surface area contributed by atoms with Crippen molar-refractivity contribution in [2.45, 2.75) is 0 Å². The summed E-state index contributed by atoms with van der Waals surface area (Å²) >= 11 is 12.6. The van der Waals surface area contributed by atoms with Crippen molar-refractivity contribution in [2.75, 3.05) is 0 Å². The van der Waals surface area contributed by atoms with Crippen LogP contribution in [-0.4, -0.2) is 0 Å². The van der Waals surface area contributed by atoms with Crippen molar-refractivity contribution in [1.29, 1.82) is 0 Å². The van der Waals surface area contributed by atoms with Gasteiger partial charge in [-0.15, -0.1) is 0 Å². The summed E-state index contributed by atoms with van der Waals surface area (Å²) in [5.74, 6) is 0. The van der Waals surface area contributed by atoms with Gasteiger partial charge in [-0.3, -0.25) is 0 Å². The Labute approximate surface area is 90.9 Å². The first-order valence-corrected chi connectivity index (χ1v) is 5.18. The predicted molar refractivity (Wildman–Crippen MR) is 56.6 cm³/mol. The summed E-state index contributed by atoms with van der Waals surface area (Å²) in [6, 6.07) is 5.63. The molecular formula is C8H3Br2ClO. The molecule has 0 atom stereocenters. The monoisotopic (exact) mass is 308 g/mol. The molecule has 2 aromatic rings. The van der Waals surface area contributed by atoms with Gasteiger partial charge in [-0.1, -0.05) is 17.7 Å². The van der Waals surface area contributed by atoms with Gasteiger partial charge in [0, 0.05) is 5.39 Å². The van der Waals surface area contributed by atoms with Crippen LogP contribution in [0.25, 0.3) is 11.0 Å². The van der Waals surface area contributed by atoms with Crippen LogP contribution in [0.2, 0.25) is 5.02 Å². The van der Waals surface area contributed by atoms with Gasteiger partial charge in [0.05, 0.1) is 9.50 Å². The summed E-state index contributed by atoms with van der Waals surface area (Å²) in [6.45, 7) is 0. The highest BCUT2D eigenvalue weighted by atomic mass is 79.9. The van der Waals surface area contributed by atoms with Gasteiger partial charge in [0.25, 0.3) is 0 Å². The second kappa shape index (κ2) is 3.05. The molecule has 0 fully saturated rings. The number of hydrogen-bond donors (Lipinski definition) is 0. The molecule has 0 aliphatic heterocycles. The van der Waals surface area contributed by atoms with Crippen molar-refractivity contribution < 1.29 is 4.42 Å². The zero-order valence-corrected chi connectivity index (χ0v) is 9.70. The molecule has 1 aromatic carbocycles. The van der Waals surface area contributed by atoms with Crippen molar-refractivity contribution in [3.63, 3.8) is 0 Å². The smallest absolute Gasteiger partial charge is 0.184 e. The summed E-state index contributed by atoms with van der Waals surface area (Å²) in [7, 11) is 0. The fourth-order valence-electron chi connectivity index (χ4n) is 1.03. The molecule has 2 rings (SSSR count). The summed E-state index contributed by atoms with van der Waals surface area (Å²) in [5.41, 5.74) is 0.706. The van der Waals surface area contributed by atoms with Crippen LogP contribution in [0, 0.1) is 0 Å². The van der Waals surface area contributed by atoms with E-state index in [0.717, 1.165) is 9.86 Å². The van der Waals surface area contributed by atoms with E-state index in [1.807, 2.05) is 12.1 Å². The first-order chi connectivity index (χ1) is 5.70. The molecule has 1 heterocycles. The number of hydrogen-bond acceptors (Lipinski definition) is 1. The number of para-hydroxylation sites is 1. The number of fused-ring (bicyclic) bond motifs is 1. The average molecular weight is 310 g/mol. The van der Waals surface area contributed by atoms with Crippen LogP contribution in [0.3, 0.4) is 0 Å². The summed E-state index contributed by atoms with van der Waals surface area (Å²) < 4.78 is 6.94. The van der Waals surface area contributed by atoms with Gasteiger partial charge in [0.15, 0.2) is 10.3 Å². The molecule has 0 unspecified atom stereocenters. The van der Waals surface area contributed by atoms with Gasteiger partial charge in [0.1, 0.15) is 0 Å². The van der Waals surface area contributed by atoms with E-state index in [1.165, 1.54) is 0 Å². The highest BCUT2D eigenvalue weighted by Crippen LogP contribution is 2.37. The Morgan fingerprint density at radius 3 is 2.67 bits per heavy atom. The number of halogens is 3. The molecule has 0 aliphatic carbocycles. The van der Waals surface area contributed by atoms with E-state index in [-0.39, 0.29) is 0 Å². The van der Waals surface area contributed by atoms with Crippen molar-refractivity contribution in [2.24, 2.45) is 0 Å². The van der Waals surface area contributed by atoms with E-state index in [1.54, 1.807) is 6.07 Å². The van der Waals surface area contributed by atoms with Gasteiger partial charge < -0.3 is 4.42 Å². The summed E-state index contributed by atoms with van der Waals surface area (Å²) in [4.78, 5) is 0.